The Balaban J connectivity index is 1.44. The maximum absolute atomic E-state index is 14.7. The summed E-state index contributed by atoms with van der Waals surface area (Å²) < 4.78 is 61.4. The quantitative estimate of drug-likeness (QED) is 0.261. The summed E-state index contributed by atoms with van der Waals surface area (Å²) in [6, 6.07) is 9.82. The number of likely N-dealkylation sites (tertiary alicyclic amines) is 1. The van der Waals surface area contributed by atoms with Gasteiger partial charge in [-0.25, -0.2) is 19.3 Å². The van der Waals surface area contributed by atoms with Crippen molar-refractivity contribution in [2.45, 2.75) is 18.6 Å². The molecule has 5 rings (SSSR count). The standard InChI is InChI=1S/C29H28F4N8O2/c1-34-28-37-16-36-25(39-28)22-5-4-9-35-27(22)43-21-12-17(11-19(30)14-21)26(42)38-23-13-18(29(31,32)33)6-7-24(23)41(3)20-8-10-40(2)15-20/h4-7,9,11-14,16,20H,8,10,15H2,1-3H3,(H,38,42)(H,34,36,37,39). The average Bonchev–Trinajstić information content (AvgIpc) is 3.42. The predicted octanol–water partition coefficient (Wildman–Crippen LogP) is 5.32. The highest BCUT2D eigenvalue weighted by Crippen LogP contribution is 2.37. The molecule has 14 heteroatoms. The number of halogens is 4. The van der Waals surface area contributed by atoms with E-state index in [0.29, 0.717) is 23.7 Å². The van der Waals surface area contributed by atoms with Crippen LogP contribution in [-0.2, 0) is 6.18 Å². The van der Waals surface area contributed by atoms with Gasteiger partial charge in [-0.15, -0.1) is 0 Å². The highest BCUT2D eigenvalue weighted by molar-refractivity contribution is 6.06. The van der Waals surface area contributed by atoms with Gasteiger partial charge in [0.05, 0.1) is 22.5 Å². The van der Waals surface area contributed by atoms with E-state index >= 15 is 0 Å². The Hall–Kier alpha value is -4.85. The molecular formula is C29H28F4N8O2. The summed E-state index contributed by atoms with van der Waals surface area (Å²) >= 11 is 0. The number of alkyl halides is 3. The van der Waals surface area contributed by atoms with Crippen molar-refractivity contribution < 1.29 is 27.1 Å². The summed E-state index contributed by atoms with van der Waals surface area (Å²) in [6.45, 7) is 1.55. The summed E-state index contributed by atoms with van der Waals surface area (Å²) in [4.78, 5) is 33.9. The van der Waals surface area contributed by atoms with E-state index < -0.39 is 23.5 Å². The lowest BCUT2D eigenvalue weighted by atomic mass is 10.1. The van der Waals surface area contributed by atoms with Crippen LogP contribution in [0, 0.1) is 5.82 Å². The van der Waals surface area contributed by atoms with Crippen LogP contribution in [0.25, 0.3) is 11.4 Å². The summed E-state index contributed by atoms with van der Waals surface area (Å²) in [7, 11) is 5.38. The Kier molecular flexibility index (Phi) is 8.39. The Morgan fingerprint density at radius 1 is 1.12 bits per heavy atom. The molecule has 43 heavy (non-hydrogen) atoms. The van der Waals surface area contributed by atoms with Gasteiger partial charge in [0.2, 0.25) is 11.8 Å². The molecule has 0 aliphatic carbocycles. The first-order valence-electron chi connectivity index (χ1n) is 13.3. The van der Waals surface area contributed by atoms with Crippen LogP contribution in [0.5, 0.6) is 11.6 Å². The molecule has 10 nitrogen and oxygen atoms in total. The fourth-order valence-corrected chi connectivity index (χ4v) is 4.79. The third-order valence-electron chi connectivity index (χ3n) is 7.02. The molecule has 0 bridgehead atoms. The molecule has 3 heterocycles. The fraction of sp³-hybridized carbons (Fsp3) is 0.276. The van der Waals surface area contributed by atoms with Crippen molar-refractivity contribution in [3.8, 4) is 23.0 Å². The number of likely N-dealkylation sites (N-methyl/N-ethyl adjacent to an activating group) is 2. The van der Waals surface area contributed by atoms with E-state index in [-0.39, 0.29) is 34.7 Å². The molecule has 1 fully saturated rings. The van der Waals surface area contributed by atoms with Crippen LogP contribution in [0.4, 0.5) is 34.9 Å². The number of ether oxygens (including phenoxy) is 1. The number of rotatable bonds is 8. The van der Waals surface area contributed by atoms with Gasteiger partial charge in [0.25, 0.3) is 5.91 Å². The molecule has 1 aliphatic heterocycles. The second kappa shape index (κ2) is 12.2. The number of pyridine rings is 1. The van der Waals surface area contributed by atoms with Gasteiger partial charge >= 0.3 is 6.18 Å². The summed E-state index contributed by atoms with van der Waals surface area (Å²) in [5, 5.41) is 5.37. The number of carbonyl (C=O) groups is 1. The number of aromatic nitrogens is 4. The average molecular weight is 597 g/mol. The minimum atomic E-state index is -4.63. The molecule has 1 atom stereocenters. The Morgan fingerprint density at radius 3 is 2.65 bits per heavy atom. The third kappa shape index (κ3) is 6.80. The maximum atomic E-state index is 14.7. The highest BCUT2D eigenvalue weighted by atomic mass is 19.4. The zero-order valence-electron chi connectivity index (χ0n) is 23.5. The molecule has 1 unspecified atom stereocenters. The van der Waals surface area contributed by atoms with Crippen molar-refractivity contribution >= 4 is 23.2 Å². The van der Waals surface area contributed by atoms with Crippen LogP contribution in [0.15, 0.2) is 61.1 Å². The van der Waals surface area contributed by atoms with Gasteiger partial charge in [0, 0.05) is 44.5 Å². The predicted molar refractivity (Wildman–Crippen MR) is 153 cm³/mol. The van der Waals surface area contributed by atoms with Gasteiger partial charge < -0.3 is 25.2 Å². The number of hydrogen-bond donors (Lipinski definition) is 2. The number of carbonyl (C=O) groups excluding carboxylic acids is 1. The molecule has 1 aliphatic rings. The molecule has 1 saturated heterocycles. The first-order valence-corrected chi connectivity index (χ1v) is 13.3. The fourth-order valence-electron chi connectivity index (χ4n) is 4.79. The molecule has 0 radical (unpaired) electrons. The van der Waals surface area contributed by atoms with E-state index in [4.69, 9.17) is 4.74 Å². The van der Waals surface area contributed by atoms with Crippen LogP contribution in [0.1, 0.15) is 22.3 Å². The van der Waals surface area contributed by atoms with E-state index in [1.165, 1.54) is 24.7 Å². The Bertz CT molecular complexity index is 1630. The van der Waals surface area contributed by atoms with Gasteiger partial charge in [-0.2, -0.15) is 18.2 Å². The SMILES string of the molecule is CNc1ncnc(-c2cccnc2Oc2cc(F)cc(C(=O)Nc3cc(C(F)(F)F)ccc3N(C)C3CCN(C)C3)c2)n1. The summed E-state index contributed by atoms with van der Waals surface area (Å²) in [5.74, 6) is -1.10. The molecule has 0 saturated carbocycles. The topological polar surface area (TPSA) is 108 Å². The molecule has 1 amide bonds. The minimum absolute atomic E-state index is 0.0349. The van der Waals surface area contributed by atoms with Crippen LogP contribution in [-0.4, -0.2) is 71.0 Å². The lowest BCUT2D eigenvalue weighted by molar-refractivity contribution is -0.137. The van der Waals surface area contributed by atoms with Crippen molar-refractivity contribution in [1.82, 2.24) is 24.8 Å². The summed E-state index contributed by atoms with van der Waals surface area (Å²) in [6.07, 6.45) is -1.06. The van der Waals surface area contributed by atoms with Gasteiger partial charge in [0.15, 0.2) is 5.82 Å². The normalized spacial score (nSPS) is 15.3. The molecule has 4 aromatic rings. The zero-order valence-corrected chi connectivity index (χ0v) is 23.5. The number of nitrogens with zero attached hydrogens (tertiary/aromatic N) is 6. The van der Waals surface area contributed by atoms with E-state index in [1.807, 2.05) is 11.9 Å². The van der Waals surface area contributed by atoms with Crippen molar-refractivity contribution in [2.75, 3.05) is 49.8 Å². The zero-order chi connectivity index (χ0) is 30.7. The summed E-state index contributed by atoms with van der Waals surface area (Å²) in [5.41, 5.74) is -0.353. The van der Waals surface area contributed by atoms with Crippen LogP contribution < -0.4 is 20.3 Å². The van der Waals surface area contributed by atoms with E-state index in [0.717, 1.165) is 37.2 Å². The van der Waals surface area contributed by atoms with Crippen molar-refractivity contribution in [2.24, 2.45) is 0 Å². The van der Waals surface area contributed by atoms with E-state index in [2.05, 4.69) is 35.5 Å². The molecule has 2 aromatic carbocycles. The molecule has 2 N–H and O–H groups in total. The largest absolute Gasteiger partial charge is 0.438 e. The maximum Gasteiger partial charge on any atom is 0.416 e. The minimum Gasteiger partial charge on any atom is -0.438 e. The number of amides is 1. The molecule has 2 aromatic heterocycles. The number of hydrogen-bond acceptors (Lipinski definition) is 9. The first-order chi connectivity index (χ1) is 20.5. The second-order valence-electron chi connectivity index (χ2n) is 10.0. The lowest BCUT2D eigenvalue weighted by Crippen LogP contribution is -2.34. The molecule has 224 valence electrons. The number of anilines is 3. The van der Waals surface area contributed by atoms with Crippen molar-refractivity contribution in [1.29, 1.82) is 0 Å². The molecule has 0 spiro atoms. The highest BCUT2D eigenvalue weighted by Gasteiger charge is 2.33. The Morgan fingerprint density at radius 2 is 1.93 bits per heavy atom. The number of nitrogens with one attached hydrogen (secondary N) is 2. The van der Waals surface area contributed by atoms with E-state index in [9.17, 15) is 22.4 Å². The van der Waals surface area contributed by atoms with Gasteiger partial charge in [-0.1, -0.05) is 0 Å². The second-order valence-corrected chi connectivity index (χ2v) is 10.0. The number of benzene rings is 2. The Labute approximate surface area is 244 Å². The molecular weight excluding hydrogens is 568 g/mol. The van der Waals surface area contributed by atoms with Crippen molar-refractivity contribution in [3.63, 3.8) is 0 Å². The first kappa shape index (κ1) is 29.6. The monoisotopic (exact) mass is 596 g/mol. The van der Waals surface area contributed by atoms with Gasteiger partial charge in [0.1, 0.15) is 17.9 Å². The van der Waals surface area contributed by atoms with Crippen LogP contribution in [0.2, 0.25) is 0 Å². The van der Waals surface area contributed by atoms with Crippen LogP contribution >= 0.6 is 0 Å². The van der Waals surface area contributed by atoms with Gasteiger partial charge in [-0.05, 0) is 62.5 Å². The van der Waals surface area contributed by atoms with Crippen LogP contribution in [0.3, 0.4) is 0 Å². The van der Waals surface area contributed by atoms with Gasteiger partial charge in [-0.3, -0.25) is 4.79 Å². The van der Waals surface area contributed by atoms with E-state index in [1.54, 1.807) is 26.2 Å². The van der Waals surface area contributed by atoms with Crippen molar-refractivity contribution in [3.05, 3.63) is 78.0 Å². The lowest BCUT2D eigenvalue weighted by Gasteiger charge is -2.29. The smallest absolute Gasteiger partial charge is 0.416 e. The third-order valence-corrected chi connectivity index (χ3v) is 7.02.